The smallest absolute Gasteiger partial charge is 0.295 e. The number of carbonyl (C=O) groups is 2. The first-order valence-corrected chi connectivity index (χ1v) is 14.6. The van der Waals surface area contributed by atoms with Crippen LogP contribution in [-0.4, -0.2) is 59.7 Å². The van der Waals surface area contributed by atoms with Gasteiger partial charge in [-0.15, -0.1) is 0 Å². The number of aromatic amines is 1. The van der Waals surface area contributed by atoms with Crippen LogP contribution in [0.15, 0.2) is 60.7 Å². The Balaban J connectivity index is 1.53. The summed E-state index contributed by atoms with van der Waals surface area (Å²) in [5.41, 5.74) is 1.03. The molecule has 1 fully saturated rings. The zero-order chi connectivity index (χ0) is 29.5. The molecule has 1 aromatic heterocycles. The normalized spacial score (nSPS) is 17.5. The second-order valence-electron chi connectivity index (χ2n) is 10.2. The third-order valence-electron chi connectivity index (χ3n) is 7.36. The monoisotopic (exact) mass is 576 g/mol. The van der Waals surface area contributed by atoms with E-state index < -0.39 is 17.7 Å². The molecule has 1 atom stereocenters. The summed E-state index contributed by atoms with van der Waals surface area (Å²) in [5, 5.41) is 11.5. The first kappa shape index (κ1) is 29.0. The fourth-order valence-electron chi connectivity index (χ4n) is 5.30. The van der Waals surface area contributed by atoms with Gasteiger partial charge >= 0.3 is 0 Å². The Morgan fingerprint density at radius 1 is 1.02 bits per heavy atom. The molecule has 3 heterocycles. The number of unbranched alkanes of at least 4 members (excludes halogenated alkanes) is 2. The summed E-state index contributed by atoms with van der Waals surface area (Å²) < 4.78 is 25.2. The van der Waals surface area contributed by atoms with Crippen molar-refractivity contribution in [2.75, 3.05) is 33.0 Å². The number of aliphatic hydroxyl groups excluding tert-OH is 1. The van der Waals surface area contributed by atoms with E-state index in [2.05, 4.69) is 11.9 Å². The fourth-order valence-corrected chi connectivity index (χ4v) is 5.30. The minimum absolute atomic E-state index is 0.0186. The highest BCUT2D eigenvalue weighted by Gasteiger charge is 2.46. The lowest BCUT2D eigenvalue weighted by Crippen LogP contribution is -2.36. The van der Waals surface area contributed by atoms with Crippen molar-refractivity contribution < 1.29 is 38.2 Å². The van der Waals surface area contributed by atoms with E-state index in [0.29, 0.717) is 80.1 Å². The summed E-state index contributed by atoms with van der Waals surface area (Å²) in [5.74, 6) is 0.505. The number of hydrogen-bond acceptors (Lipinski definition) is 7. The molecule has 3 aromatic rings. The van der Waals surface area contributed by atoms with Gasteiger partial charge in [-0.05, 0) is 49.2 Å². The van der Waals surface area contributed by atoms with Crippen molar-refractivity contribution in [3.8, 4) is 23.0 Å². The zero-order valence-corrected chi connectivity index (χ0v) is 24.1. The van der Waals surface area contributed by atoms with E-state index in [-0.39, 0.29) is 11.3 Å². The maximum Gasteiger partial charge on any atom is 0.295 e. The third-order valence-corrected chi connectivity index (χ3v) is 7.36. The number of nitrogens with zero attached hydrogens (tertiary/aromatic N) is 2. The SMILES string of the molecule is CCCCCOc1ccc(C2C(=C(O)c3ccc4c(c3)OCCO4)C(=O)C(=O)N2CCC[n+]2cc[nH]c2)cc1OCC. The number of aryl methyl sites for hydroxylation is 1. The Morgan fingerprint density at radius 2 is 1.86 bits per heavy atom. The van der Waals surface area contributed by atoms with Crippen molar-refractivity contribution >= 4 is 17.4 Å². The molecular formula is C32H38N3O7+. The van der Waals surface area contributed by atoms with Crippen molar-refractivity contribution in [2.24, 2.45) is 0 Å². The van der Waals surface area contributed by atoms with Crippen LogP contribution in [0, 0.1) is 0 Å². The molecule has 2 aromatic carbocycles. The predicted octanol–water partition coefficient (Wildman–Crippen LogP) is 4.55. The van der Waals surface area contributed by atoms with Gasteiger partial charge in [0.05, 0.1) is 31.4 Å². The highest BCUT2D eigenvalue weighted by atomic mass is 16.6. The van der Waals surface area contributed by atoms with E-state index in [0.717, 1.165) is 19.3 Å². The van der Waals surface area contributed by atoms with E-state index >= 15 is 0 Å². The zero-order valence-electron chi connectivity index (χ0n) is 24.1. The van der Waals surface area contributed by atoms with Gasteiger partial charge in [-0.2, -0.15) is 0 Å². The molecule has 0 radical (unpaired) electrons. The minimum atomic E-state index is -0.817. The average molecular weight is 577 g/mol. The molecule has 0 bridgehead atoms. The fraction of sp³-hybridized carbons (Fsp3) is 0.406. The molecule has 10 heteroatoms. The van der Waals surface area contributed by atoms with Crippen molar-refractivity contribution in [1.82, 2.24) is 9.88 Å². The largest absolute Gasteiger partial charge is 0.507 e. The molecule has 222 valence electrons. The number of aromatic nitrogens is 2. The number of ether oxygens (including phenoxy) is 4. The van der Waals surface area contributed by atoms with Crippen LogP contribution in [0.5, 0.6) is 23.0 Å². The van der Waals surface area contributed by atoms with Crippen LogP contribution < -0.4 is 23.5 Å². The average Bonchev–Trinajstić information content (AvgIpc) is 3.62. The predicted molar refractivity (Wildman–Crippen MR) is 155 cm³/mol. The van der Waals surface area contributed by atoms with Gasteiger partial charge in [-0.1, -0.05) is 25.8 Å². The number of amides is 1. The first-order chi connectivity index (χ1) is 20.5. The number of aliphatic hydroxyl groups is 1. The molecule has 2 aliphatic rings. The topological polar surface area (TPSA) is 114 Å². The van der Waals surface area contributed by atoms with Gasteiger partial charge in [0, 0.05) is 18.5 Å². The lowest BCUT2D eigenvalue weighted by Gasteiger charge is -2.26. The molecule has 1 unspecified atom stereocenters. The standard InChI is InChI=1S/C32H37N3O7/c1-3-5-6-16-40-24-10-8-22(19-26(24)39-4-2)29-28(30(36)23-9-11-25-27(20-23)42-18-17-41-25)31(37)32(38)35(29)14-7-13-34-15-12-33-21-34/h8-12,15,19-21,29H,3-7,13-14,16-18H2,1-2H3,(H,36,37)/p+1. The molecular weight excluding hydrogens is 538 g/mol. The third kappa shape index (κ3) is 6.22. The van der Waals surface area contributed by atoms with Crippen LogP contribution in [0.3, 0.4) is 0 Å². The number of likely N-dealkylation sites (tertiary alicyclic amines) is 1. The Kier molecular flexibility index (Phi) is 9.31. The summed E-state index contributed by atoms with van der Waals surface area (Å²) >= 11 is 0. The van der Waals surface area contributed by atoms with E-state index in [9.17, 15) is 14.7 Å². The van der Waals surface area contributed by atoms with E-state index in [4.69, 9.17) is 18.9 Å². The van der Waals surface area contributed by atoms with Crippen LogP contribution in [0.1, 0.15) is 56.7 Å². The van der Waals surface area contributed by atoms with Gasteiger partial charge in [0.25, 0.3) is 11.7 Å². The lowest BCUT2D eigenvalue weighted by atomic mass is 9.94. The molecule has 2 aliphatic heterocycles. The molecule has 10 nitrogen and oxygen atoms in total. The number of H-pyrrole nitrogens is 1. The Labute approximate surface area is 245 Å². The first-order valence-electron chi connectivity index (χ1n) is 14.6. The van der Waals surface area contributed by atoms with Gasteiger partial charge in [-0.25, -0.2) is 4.57 Å². The van der Waals surface area contributed by atoms with Crippen LogP contribution in [0.25, 0.3) is 5.76 Å². The molecule has 1 saturated heterocycles. The summed E-state index contributed by atoms with van der Waals surface area (Å²) in [6.45, 7) is 6.78. The number of carbonyl (C=O) groups excluding carboxylic acids is 2. The highest BCUT2D eigenvalue weighted by molar-refractivity contribution is 6.46. The molecule has 0 spiro atoms. The van der Waals surface area contributed by atoms with Crippen LogP contribution >= 0.6 is 0 Å². The Morgan fingerprint density at radius 3 is 2.62 bits per heavy atom. The summed E-state index contributed by atoms with van der Waals surface area (Å²) in [4.78, 5) is 31.5. The number of imidazole rings is 1. The number of Topliss-reactive ketones (excluding diaryl/α,β-unsaturated/α-hetero) is 1. The number of benzene rings is 2. The molecule has 5 rings (SSSR count). The Bertz CT molecular complexity index is 1430. The molecule has 0 saturated carbocycles. The molecule has 42 heavy (non-hydrogen) atoms. The van der Waals surface area contributed by atoms with Gasteiger partial charge in [0.1, 0.15) is 31.4 Å². The molecule has 1 amide bonds. The maximum atomic E-state index is 13.5. The highest BCUT2D eigenvalue weighted by Crippen LogP contribution is 2.43. The number of rotatable bonds is 13. The van der Waals surface area contributed by atoms with Crippen molar-refractivity contribution in [2.45, 2.75) is 52.1 Å². The van der Waals surface area contributed by atoms with Gasteiger partial charge in [0.2, 0.25) is 6.33 Å². The second-order valence-corrected chi connectivity index (χ2v) is 10.2. The quantitative estimate of drug-likeness (QED) is 0.101. The molecule has 2 N–H and O–H groups in total. The van der Waals surface area contributed by atoms with Crippen LogP contribution in [0.4, 0.5) is 0 Å². The van der Waals surface area contributed by atoms with E-state index in [1.54, 1.807) is 24.3 Å². The Hall–Kier alpha value is -4.47. The van der Waals surface area contributed by atoms with Crippen molar-refractivity contribution in [3.05, 3.63) is 71.8 Å². The van der Waals surface area contributed by atoms with Crippen molar-refractivity contribution in [1.29, 1.82) is 0 Å². The lowest BCUT2D eigenvalue weighted by molar-refractivity contribution is -0.695. The maximum absolute atomic E-state index is 13.5. The number of nitrogens with one attached hydrogen (secondary N) is 1. The second kappa shape index (κ2) is 13.5. The van der Waals surface area contributed by atoms with Crippen LogP contribution in [0.2, 0.25) is 0 Å². The van der Waals surface area contributed by atoms with Crippen LogP contribution in [-0.2, 0) is 16.1 Å². The summed E-state index contributed by atoms with van der Waals surface area (Å²) in [6.07, 6.45) is 9.25. The molecule has 0 aliphatic carbocycles. The van der Waals surface area contributed by atoms with Gasteiger partial charge in [0.15, 0.2) is 23.0 Å². The minimum Gasteiger partial charge on any atom is -0.507 e. The summed E-state index contributed by atoms with van der Waals surface area (Å²) in [6, 6.07) is 9.62. The number of hydrogen-bond donors (Lipinski definition) is 2. The number of fused-ring (bicyclic) bond motifs is 1. The van der Waals surface area contributed by atoms with E-state index in [1.165, 1.54) is 4.90 Å². The van der Waals surface area contributed by atoms with E-state index in [1.807, 2.05) is 42.3 Å². The van der Waals surface area contributed by atoms with Crippen molar-refractivity contribution in [3.63, 3.8) is 0 Å². The van der Waals surface area contributed by atoms with Gasteiger partial charge in [-0.3, -0.25) is 14.6 Å². The summed E-state index contributed by atoms with van der Waals surface area (Å²) in [7, 11) is 0. The number of ketones is 1. The van der Waals surface area contributed by atoms with Gasteiger partial charge < -0.3 is 29.0 Å².